The van der Waals surface area contributed by atoms with Crippen LogP contribution in [0.15, 0.2) is 12.1 Å². The van der Waals surface area contributed by atoms with Crippen LogP contribution in [-0.2, 0) is 4.74 Å². The monoisotopic (exact) mass is 276 g/mol. The van der Waals surface area contributed by atoms with Gasteiger partial charge in [0, 0.05) is 17.8 Å². The molecule has 2 atom stereocenters. The zero-order valence-corrected chi connectivity index (χ0v) is 12.8. The first-order valence-electron chi connectivity index (χ1n) is 7.23. The zero-order valence-electron chi connectivity index (χ0n) is 12.8. The lowest BCUT2D eigenvalue weighted by atomic mass is 10.0. The van der Waals surface area contributed by atoms with Gasteiger partial charge in [0.15, 0.2) is 0 Å². The summed E-state index contributed by atoms with van der Waals surface area (Å²) in [6, 6.07) is 3.94. The van der Waals surface area contributed by atoms with Crippen molar-refractivity contribution >= 4 is 11.6 Å². The molecular weight excluding hydrogens is 252 g/mol. The molecule has 2 N–H and O–H groups in total. The molecule has 4 nitrogen and oxygen atoms in total. The van der Waals surface area contributed by atoms with Gasteiger partial charge < -0.3 is 15.4 Å². The number of carbonyl (C=O) groups is 1. The molecule has 4 heteroatoms. The summed E-state index contributed by atoms with van der Waals surface area (Å²) in [5, 5.41) is 0. The molecule has 2 rings (SSSR count). The molecule has 0 aliphatic carbocycles. The Bertz CT molecular complexity index is 513. The van der Waals surface area contributed by atoms with Crippen LogP contribution in [0.2, 0.25) is 0 Å². The molecule has 1 aliphatic rings. The standard InChI is InChI=1S/C16H24N2O2/c1-5-13-9-20-12(4)8-18(13)16(19)14-7-15(17)11(3)6-10(14)2/h6-7,12-13H,5,8-9,17H2,1-4H3. The molecule has 0 aromatic heterocycles. The maximum atomic E-state index is 12.8. The number of aryl methyl sites for hydroxylation is 2. The normalized spacial score (nSPS) is 22.9. The van der Waals surface area contributed by atoms with Crippen molar-refractivity contribution in [3.8, 4) is 0 Å². The number of hydrogen-bond donors (Lipinski definition) is 1. The summed E-state index contributed by atoms with van der Waals surface area (Å²) in [5.41, 5.74) is 9.34. The van der Waals surface area contributed by atoms with Crippen LogP contribution in [0.25, 0.3) is 0 Å². The number of amides is 1. The van der Waals surface area contributed by atoms with Gasteiger partial charge in [0.2, 0.25) is 0 Å². The van der Waals surface area contributed by atoms with Gasteiger partial charge >= 0.3 is 0 Å². The van der Waals surface area contributed by atoms with Crippen LogP contribution in [-0.4, -0.2) is 36.1 Å². The first-order chi connectivity index (χ1) is 9.43. The van der Waals surface area contributed by atoms with Gasteiger partial charge in [0.1, 0.15) is 0 Å². The van der Waals surface area contributed by atoms with Crippen molar-refractivity contribution in [1.82, 2.24) is 4.90 Å². The van der Waals surface area contributed by atoms with Crippen LogP contribution < -0.4 is 5.73 Å². The van der Waals surface area contributed by atoms with Crippen molar-refractivity contribution in [2.75, 3.05) is 18.9 Å². The van der Waals surface area contributed by atoms with Crippen LogP contribution in [0.5, 0.6) is 0 Å². The fourth-order valence-corrected chi connectivity index (χ4v) is 2.69. The number of anilines is 1. The van der Waals surface area contributed by atoms with E-state index in [4.69, 9.17) is 10.5 Å². The van der Waals surface area contributed by atoms with Gasteiger partial charge in [-0.2, -0.15) is 0 Å². The summed E-state index contributed by atoms with van der Waals surface area (Å²) in [6.45, 7) is 9.27. The highest BCUT2D eigenvalue weighted by molar-refractivity contribution is 5.97. The Hall–Kier alpha value is -1.55. The summed E-state index contributed by atoms with van der Waals surface area (Å²) < 4.78 is 5.65. The lowest BCUT2D eigenvalue weighted by Crippen LogP contribution is -2.51. The molecule has 0 radical (unpaired) electrons. The summed E-state index contributed by atoms with van der Waals surface area (Å²) in [7, 11) is 0. The van der Waals surface area contributed by atoms with Gasteiger partial charge in [0.05, 0.1) is 18.8 Å². The highest BCUT2D eigenvalue weighted by Gasteiger charge is 2.30. The molecule has 0 spiro atoms. The van der Waals surface area contributed by atoms with Gasteiger partial charge in [-0.15, -0.1) is 0 Å². The minimum atomic E-state index is 0.0659. The van der Waals surface area contributed by atoms with E-state index < -0.39 is 0 Å². The van der Waals surface area contributed by atoms with E-state index in [1.54, 1.807) is 6.07 Å². The third-order valence-corrected chi connectivity index (χ3v) is 4.04. The van der Waals surface area contributed by atoms with E-state index >= 15 is 0 Å². The zero-order chi connectivity index (χ0) is 14.9. The second-order valence-corrected chi connectivity index (χ2v) is 5.69. The first-order valence-corrected chi connectivity index (χ1v) is 7.23. The van der Waals surface area contributed by atoms with Gasteiger partial charge in [-0.05, 0) is 44.4 Å². The Morgan fingerprint density at radius 2 is 2.10 bits per heavy atom. The molecule has 110 valence electrons. The van der Waals surface area contributed by atoms with Crippen molar-refractivity contribution < 1.29 is 9.53 Å². The summed E-state index contributed by atoms with van der Waals surface area (Å²) in [5.74, 6) is 0.0659. The molecule has 1 aliphatic heterocycles. The number of carbonyl (C=O) groups excluding carboxylic acids is 1. The van der Waals surface area contributed by atoms with Crippen LogP contribution >= 0.6 is 0 Å². The van der Waals surface area contributed by atoms with Crippen molar-refractivity contribution in [2.24, 2.45) is 0 Å². The lowest BCUT2D eigenvalue weighted by molar-refractivity contribution is -0.0444. The van der Waals surface area contributed by atoms with Crippen LogP contribution in [0.1, 0.15) is 41.8 Å². The number of nitrogens with two attached hydrogens (primary N) is 1. The number of morpholine rings is 1. The van der Waals surface area contributed by atoms with E-state index in [1.165, 1.54) is 0 Å². The first kappa shape index (κ1) is 14.9. The number of nitrogens with zero attached hydrogens (tertiary/aromatic N) is 1. The fourth-order valence-electron chi connectivity index (χ4n) is 2.69. The van der Waals surface area contributed by atoms with E-state index in [2.05, 4.69) is 6.92 Å². The predicted molar refractivity (Wildman–Crippen MR) is 80.9 cm³/mol. The van der Waals surface area contributed by atoms with E-state index in [0.717, 1.165) is 17.5 Å². The quantitative estimate of drug-likeness (QED) is 0.844. The highest BCUT2D eigenvalue weighted by Crippen LogP contribution is 2.23. The van der Waals surface area contributed by atoms with E-state index in [9.17, 15) is 4.79 Å². The second kappa shape index (κ2) is 5.83. The van der Waals surface area contributed by atoms with Crippen LogP contribution in [0.3, 0.4) is 0 Å². The summed E-state index contributed by atoms with van der Waals surface area (Å²) >= 11 is 0. The average molecular weight is 276 g/mol. The Morgan fingerprint density at radius 1 is 1.40 bits per heavy atom. The van der Waals surface area contributed by atoms with Gasteiger partial charge in [-0.25, -0.2) is 0 Å². The maximum Gasteiger partial charge on any atom is 0.254 e. The Kier molecular flexibility index (Phi) is 4.33. The van der Waals surface area contributed by atoms with Crippen molar-refractivity contribution in [2.45, 2.75) is 46.3 Å². The number of ether oxygens (including phenoxy) is 1. The molecule has 0 saturated carbocycles. The number of rotatable bonds is 2. The largest absolute Gasteiger partial charge is 0.398 e. The molecule has 1 aromatic rings. The number of hydrogen-bond acceptors (Lipinski definition) is 3. The molecule has 1 aromatic carbocycles. The number of nitrogen functional groups attached to an aromatic ring is 1. The Balaban J connectivity index is 2.32. The Morgan fingerprint density at radius 3 is 2.75 bits per heavy atom. The molecule has 1 saturated heterocycles. The second-order valence-electron chi connectivity index (χ2n) is 5.69. The molecule has 2 unspecified atom stereocenters. The van der Waals surface area contributed by atoms with Crippen LogP contribution in [0, 0.1) is 13.8 Å². The third kappa shape index (κ3) is 2.80. The molecular formula is C16H24N2O2. The Labute approximate surface area is 120 Å². The maximum absolute atomic E-state index is 12.8. The van der Waals surface area contributed by atoms with E-state index in [-0.39, 0.29) is 18.1 Å². The van der Waals surface area contributed by atoms with Gasteiger partial charge in [-0.3, -0.25) is 4.79 Å². The highest BCUT2D eigenvalue weighted by atomic mass is 16.5. The van der Waals surface area contributed by atoms with Crippen molar-refractivity contribution in [3.63, 3.8) is 0 Å². The van der Waals surface area contributed by atoms with Crippen LogP contribution in [0.4, 0.5) is 5.69 Å². The number of benzene rings is 1. The topological polar surface area (TPSA) is 55.6 Å². The summed E-state index contributed by atoms with van der Waals surface area (Å²) in [6.07, 6.45) is 0.989. The van der Waals surface area contributed by atoms with Crippen molar-refractivity contribution in [1.29, 1.82) is 0 Å². The summed E-state index contributed by atoms with van der Waals surface area (Å²) in [4.78, 5) is 14.7. The molecule has 1 fully saturated rings. The fraction of sp³-hybridized carbons (Fsp3) is 0.562. The molecule has 1 heterocycles. The van der Waals surface area contributed by atoms with Crippen molar-refractivity contribution in [3.05, 3.63) is 28.8 Å². The molecule has 20 heavy (non-hydrogen) atoms. The van der Waals surface area contributed by atoms with E-state index in [1.807, 2.05) is 31.7 Å². The third-order valence-electron chi connectivity index (χ3n) is 4.04. The van der Waals surface area contributed by atoms with Gasteiger partial charge in [-0.1, -0.05) is 13.0 Å². The predicted octanol–water partition coefficient (Wildman–Crippen LogP) is 2.53. The van der Waals surface area contributed by atoms with E-state index in [0.29, 0.717) is 24.4 Å². The SMILES string of the molecule is CCC1COC(C)CN1C(=O)c1cc(N)c(C)cc1C. The minimum absolute atomic E-state index is 0.0659. The smallest absolute Gasteiger partial charge is 0.254 e. The minimum Gasteiger partial charge on any atom is -0.398 e. The van der Waals surface area contributed by atoms with Gasteiger partial charge in [0.25, 0.3) is 5.91 Å². The molecule has 1 amide bonds. The average Bonchev–Trinajstić information content (AvgIpc) is 2.42. The lowest BCUT2D eigenvalue weighted by Gasteiger charge is -2.38. The molecule has 0 bridgehead atoms.